The van der Waals surface area contributed by atoms with Crippen molar-refractivity contribution in [3.8, 4) is 0 Å². The summed E-state index contributed by atoms with van der Waals surface area (Å²) >= 11 is 0. The molecule has 0 saturated heterocycles. The molecule has 142 valence electrons. The van der Waals surface area contributed by atoms with Crippen molar-refractivity contribution < 1.29 is 9.50 Å². The summed E-state index contributed by atoms with van der Waals surface area (Å²) in [7, 11) is 0. The number of guanidine groups is 1. The third-order valence-corrected chi connectivity index (χ3v) is 4.02. The molecule has 3 N–H and O–H groups in total. The standard InChI is InChI=1S/C19H33FN4O/c1-6-21-19(22-11-12-24(14(2)3)15(4)5)23-13-18(25)16-9-7-8-10-17(16)20/h7-10,14-15,18,25H,6,11-13H2,1-5H3,(H2,21,22,23). The zero-order valence-electron chi connectivity index (χ0n) is 16.1. The lowest BCUT2D eigenvalue weighted by molar-refractivity contribution is 0.178. The van der Waals surface area contributed by atoms with E-state index in [1.807, 2.05) is 6.92 Å². The molecule has 0 saturated carbocycles. The van der Waals surface area contributed by atoms with Crippen molar-refractivity contribution in [2.75, 3.05) is 26.2 Å². The van der Waals surface area contributed by atoms with Crippen LogP contribution >= 0.6 is 0 Å². The number of rotatable bonds is 9. The largest absolute Gasteiger partial charge is 0.386 e. The van der Waals surface area contributed by atoms with Gasteiger partial charge >= 0.3 is 0 Å². The molecule has 5 nitrogen and oxygen atoms in total. The minimum Gasteiger partial charge on any atom is -0.386 e. The van der Waals surface area contributed by atoms with Crippen molar-refractivity contribution in [2.24, 2.45) is 4.99 Å². The molecule has 0 radical (unpaired) electrons. The van der Waals surface area contributed by atoms with Gasteiger partial charge in [0, 0.05) is 37.3 Å². The molecule has 1 rings (SSSR count). The number of nitrogens with zero attached hydrogens (tertiary/aromatic N) is 2. The van der Waals surface area contributed by atoms with Crippen LogP contribution in [0.25, 0.3) is 0 Å². The van der Waals surface area contributed by atoms with E-state index in [4.69, 9.17) is 0 Å². The molecule has 1 unspecified atom stereocenters. The highest BCUT2D eigenvalue weighted by Gasteiger charge is 2.14. The van der Waals surface area contributed by atoms with Gasteiger partial charge in [-0.15, -0.1) is 0 Å². The van der Waals surface area contributed by atoms with Crippen LogP contribution in [0.1, 0.15) is 46.3 Å². The number of hydrogen-bond donors (Lipinski definition) is 3. The summed E-state index contributed by atoms with van der Waals surface area (Å²) in [5.41, 5.74) is 0.271. The number of aliphatic hydroxyl groups is 1. The Balaban J connectivity index is 2.60. The van der Waals surface area contributed by atoms with Gasteiger partial charge in [-0.25, -0.2) is 4.39 Å². The fraction of sp³-hybridized carbons (Fsp3) is 0.632. The lowest BCUT2D eigenvalue weighted by atomic mass is 10.1. The first-order valence-corrected chi connectivity index (χ1v) is 9.07. The predicted octanol–water partition coefficient (Wildman–Crippen LogP) is 2.53. The van der Waals surface area contributed by atoms with Gasteiger partial charge in [0.2, 0.25) is 0 Å². The maximum atomic E-state index is 13.7. The highest BCUT2D eigenvalue weighted by molar-refractivity contribution is 5.79. The molecular formula is C19H33FN4O. The van der Waals surface area contributed by atoms with Gasteiger partial charge < -0.3 is 15.7 Å². The second-order valence-corrected chi connectivity index (χ2v) is 6.61. The third-order valence-electron chi connectivity index (χ3n) is 4.02. The Kier molecular flexibility index (Phi) is 9.45. The zero-order chi connectivity index (χ0) is 18.8. The maximum absolute atomic E-state index is 13.7. The summed E-state index contributed by atoms with van der Waals surface area (Å²) in [6, 6.07) is 7.20. The van der Waals surface area contributed by atoms with E-state index in [2.05, 4.69) is 48.2 Å². The van der Waals surface area contributed by atoms with Crippen molar-refractivity contribution in [3.63, 3.8) is 0 Å². The van der Waals surface area contributed by atoms with Crippen molar-refractivity contribution in [1.29, 1.82) is 0 Å². The SMILES string of the molecule is CCNC(=NCC(O)c1ccccc1F)NCCN(C(C)C)C(C)C. The van der Waals surface area contributed by atoms with E-state index in [9.17, 15) is 9.50 Å². The predicted molar refractivity (Wildman–Crippen MR) is 102 cm³/mol. The molecule has 0 aromatic heterocycles. The van der Waals surface area contributed by atoms with Crippen LogP contribution < -0.4 is 10.6 Å². The highest BCUT2D eigenvalue weighted by atomic mass is 19.1. The Hall–Kier alpha value is -1.66. The molecule has 0 aliphatic carbocycles. The molecule has 0 aliphatic heterocycles. The van der Waals surface area contributed by atoms with Gasteiger partial charge in [0.15, 0.2) is 5.96 Å². The molecule has 1 aromatic carbocycles. The minimum atomic E-state index is -0.959. The van der Waals surface area contributed by atoms with Gasteiger partial charge in [-0.05, 0) is 40.7 Å². The van der Waals surface area contributed by atoms with E-state index in [-0.39, 0.29) is 12.1 Å². The summed E-state index contributed by atoms with van der Waals surface area (Å²) in [4.78, 5) is 6.77. The van der Waals surface area contributed by atoms with Crippen LogP contribution in [0.5, 0.6) is 0 Å². The number of aliphatic hydroxyl groups excluding tert-OH is 1. The van der Waals surface area contributed by atoms with Crippen LogP contribution in [0.4, 0.5) is 4.39 Å². The smallest absolute Gasteiger partial charge is 0.191 e. The summed E-state index contributed by atoms with van der Waals surface area (Å²) in [5, 5.41) is 16.6. The number of hydrogen-bond acceptors (Lipinski definition) is 3. The third kappa shape index (κ3) is 7.40. The molecule has 0 amide bonds. The molecular weight excluding hydrogens is 319 g/mol. The summed E-state index contributed by atoms with van der Waals surface area (Å²) < 4.78 is 13.7. The Morgan fingerprint density at radius 2 is 1.80 bits per heavy atom. The van der Waals surface area contributed by atoms with Crippen LogP contribution in [0.15, 0.2) is 29.3 Å². The number of aliphatic imine (C=N–C) groups is 1. The number of benzene rings is 1. The molecule has 0 spiro atoms. The topological polar surface area (TPSA) is 59.9 Å². The molecule has 0 fully saturated rings. The van der Waals surface area contributed by atoms with Crippen LogP contribution in [0, 0.1) is 5.82 Å². The van der Waals surface area contributed by atoms with E-state index in [1.54, 1.807) is 18.2 Å². The Bertz CT molecular complexity index is 526. The average molecular weight is 352 g/mol. The average Bonchev–Trinajstić information content (AvgIpc) is 2.55. The second kappa shape index (κ2) is 11.1. The van der Waals surface area contributed by atoms with Gasteiger partial charge in [0.1, 0.15) is 11.9 Å². The van der Waals surface area contributed by atoms with Crippen LogP contribution in [0.2, 0.25) is 0 Å². The fourth-order valence-corrected chi connectivity index (χ4v) is 2.78. The van der Waals surface area contributed by atoms with Gasteiger partial charge in [-0.2, -0.15) is 0 Å². The maximum Gasteiger partial charge on any atom is 0.191 e. The first-order valence-electron chi connectivity index (χ1n) is 9.07. The molecule has 6 heteroatoms. The van der Waals surface area contributed by atoms with E-state index in [0.29, 0.717) is 18.0 Å². The summed E-state index contributed by atoms with van der Waals surface area (Å²) in [6.45, 7) is 13.2. The summed E-state index contributed by atoms with van der Waals surface area (Å²) in [5.74, 6) is 0.220. The monoisotopic (exact) mass is 352 g/mol. The number of nitrogens with one attached hydrogen (secondary N) is 2. The normalized spacial score (nSPS) is 13.6. The van der Waals surface area contributed by atoms with Gasteiger partial charge in [0.05, 0.1) is 6.54 Å². The molecule has 0 heterocycles. The summed E-state index contributed by atoms with van der Waals surface area (Å²) in [6.07, 6.45) is -0.959. The second-order valence-electron chi connectivity index (χ2n) is 6.61. The minimum absolute atomic E-state index is 0.105. The lowest BCUT2D eigenvalue weighted by Gasteiger charge is -2.30. The molecule has 1 aromatic rings. The van der Waals surface area contributed by atoms with Gasteiger partial charge in [-0.3, -0.25) is 9.89 Å². The molecule has 0 bridgehead atoms. The van der Waals surface area contributed by atoms with Crippen LogP contribution in [-0.4, -0.2) is 54.2 Å². The van der Waals surface area contributed by atoms with Crippen molar-refractivity contribution >= 4 is 5.96 Å². The molecule has 25 heavy (non-hydrogen) atoms. The lowest BCUT2D eigenvalue weighted by Crippen LogP contribution is -2.45. The molecule has 1 atom stereocenters. The van der Waals surface area contributed by atoms with E-state index in [1.165, 1.54) is 6.07 Å². The van der Waals surface area contributed by atoms with Crippen molar-refractivity contribution in [3.05, 3.63) is 35.6 Å². The number of halogens is 1. The Morgan fingerprint density at radius 3 is 2.36 bits per heavy atom. The first kappa shape index (κ1) is 21.4. The van der Waals surface area contributed by atoms with Crippen molar-refractivity contribution in [2.45, 2.75) is 52.8 Å². The first-order chi connectivity index (χ1) is 11.9. The Labute approximate surface area is 151 Å². The van der Waals surface area contributed by atoms with Gasteiger partial charge in [-0.1, -0.05) is 18.2 Å². The van der Waals surface area contributed by atoms with Crippen LogP contribution in [0.3, 0.4) is 0 Å². The van der Waals surface area contributed by atoms with Gasteiger partial charge in [0.25, 0.3) is 0 Å². The van der Waals surface area contributed by atoms with E-state index < -0.39 is 11.9 Å². The van der Waals surface area contributed by atoms with Crippen LogP contribution in [-0.2, 0) is 0 Å². The quantitative estimate of drug-likeness (QED) is 0.472. The molecule has 0 aliphatic rings. The Morgan fingerprint density at radius 1 is 1.16 bits per heavy atom. The highest BCUT2D eigenvalue weighted by Crippen LogP contribution is 2.16. The fourth-order valence-electron chi connectivity index (χ4n) is 2.78. The van der Waals surface area contributed by atoms with Crippen molar-refractivity contribution in [1.82, 2.24) is 15.5 Å². The zero-order valence-corrected chi connectivity index (χ0v) is 16.1. The van der Waals surface area contributed by atoms with E-state index >= 15 is 0 Å². The van der Waals surface area contributed by atoms with E-state index in [0.717, 1.165) is 19.6 Å².